The summed E-state index contributed by atoms with van der Waals surface area (Å²) in [5, 5.41) is 5.07. The number of nitrogens with one attached hydrogen (secondary N) is 2. The maximum absolute atomic E-state index is 13.5. The molecular formula is C17H22FN3O3. The Morgan fingerprint density at radius 3 is 2.88 bits per heavy atom. The van der Waals surface area contributed by atoms with Crippen LogP contribution in [-0.4, -0.2) is 42.6 Å². The van der Waals surface area contributed by atoms with Crippen LogP contribution in [0.1, 0.15) is 25.3 Å². The fourth-order valence-corrected chi connectivity index (χ4v) is 3.63. The maximum Gasteiger partial charge on any atom is 0.322 e. The van der Waals surface area contributed by atoms with E-state index in [4.69, 9.17) is 4.74 Å². The van der Waals surface area contributed by atoms with Crippen LogP contribution < -0.4 is 15.4 Å². The summed E-state index contributed by atoms with van der Waals surface area (Å²) >= 11 is 0. The van der Waals surface area contributed by atoms with Gasteiger partial charge in [0, 0.05) is 24.6 Å². The monoisotopic (exact) mass is 335 g/mol. The Morgan fingerprint density at radius 1 is 1.42 bits per heavy atom. The molecule has 2 atom stereocenters. The van der Waals surface area contributed by atoms with E-state index in [9.17, 15) is 14.0 Å². The molecule has 2 N–H and O–H groups in total. The average Bonchev–Trinajstić information content (AvgIpc) is 2.81. The highest BCUT2D eigenvalue weighted by Gasteiger charge is 2.48. The van der Waals surface area contributed by atoms with Crippen LogP contribution in [0.25, 0.3) is 0 Å². The van der Waals surface area contributed by atoms with Gasteiger partial charge in [-0.05, 0) is 44.5 Å². The highest BCUT2D eigenvalue weighted by atomic mass is 19.1. The van der Waals surface area contributed by atoms with Gasteiger partial charge in [0.2, 0.25) is 0 Å². The Hall–Kier alpha value is -2.15. The number of likely N-dealkylation sites (tertiary alicyclic amines) is 1. The maximum atomic E-state index is 13.5. The molecule has 2 heterocycles. The smallest absolute Gasteiger partial charge is 0.322 e. The standard InChI is InChI=1S/C17H22FN3O3/c1-17(15(22)19-16(23)20-17)12-4-3-7-21(10-12)9-11-8-13(18)5-6-14(11)24-2/h5-6,8,12H,3-4,7,9-10H2,1-2H3,(H2,19,20,22,23)/t12-,17+/m1/s1. The summed E-state index contributed by atoms with van der Waals surface area (Å²) in [5.41, 5.74) is -0.106. The summed E-state index contributed by atoms with van der Waals surface area (Å²) in [6.45, 7) is 3.83. The third kappa shape index (κ3) is 3.08. The van der Waals surface area contributed by atoms with Crippen molar-refractivity contribution in [1.29, 1.82) is 0 Å². The fraction of sp³-hybridized carbons (Fsp3) is 0.529. The summed E-state index contributed by atoms with van der Waals surface area (Å²) in [6, 6.07) is 4.04. The van der Waals surface area contributed by atoms with E-state index in [0.29, 0.717) is 18.8 Å². The molecule has 2 saturated heterocycles. The van der Waals surface area contributed by atoms with Crippen LogP contribution in [0, 0.1) is 11.7 Å². The number of piperidine rings is 1. The Morgan fingerprint density at radius 2 is 2.21 bits per heavy atom. The van der Waals surface area contributed by atoms with Gasteiger partial charge in [0.15, 0.2) is 0 Å². The van der Waals surface area contributed by atoms with Crippen molar-refractivity contribution in [1.82, 2.24) is 15.5 Å². The SMILES string of the molecule is COc1ccc(F)cc1CN1CCC[C@@H]([C@]2(C)NC(=O)NC2=O)C1. The zero-order valence-electron chi connectivity index (χ0n) is 13.9. The molecule has 0 radical (unpaired) electrons. The normalized spacial score (nSPS) is 27.7. The van der Waals surface area contributed by atoms with Gasteiger partial charge in [-0.25, -0.2) is 9.18 Å². The van der Waals surface area contributed by atoms with Crippen LogP contribution in [0.5, 0.6) is 5.75 Å². The molecule has 6 nitrogen and oxygen atoms in total. The van der Waals surface area contributed by atoms with E-state index in [0.717, 1.165) is 24.9 Å². The van der Waals surface area contributed by atoms with E-state index >= 15 is 0 Å². The molecule has 24 heavy (non-hydrogen) atoms. The molecule has 0 aliphatic carbocycles. The lowest BCUT2D eigenvalue weighted by Crippen LogP contribution is -2.55. The van der Waals surface area contributed by atoms with Crippen molar-refractivity contribution in [2.45, 2.75) is 31.8 Å². The van der Waals surface area contributed by atoms with Gasteiger partial charge in [0.05, 0.1) is 7.11 Å². The largest absolute Gasteiger partial charge is 0.496 e. The van der Waals surface area contributed by atoms with E-state index in [1.54, 1.807) is 20.1 Å². The number of rotatable bonds is 4. The third-order valence-electron chi connectivity index (χ3n) is 5.03. The number of methoxy groups -OCH3 is 1. The second-order valence-electron chi connectivity index (χ2n) is 6.64. The highest BCUT2D eigenvalue weighted by Crippen LogP contribution is 2.31. The number of nitrogens with zero attached hydrogens (tertiary/aromatic N) is 1. The topological polar surface area (TPSA) is 70.7 Å². The quantitative estimate of drug-likeness (QED) is 0.821. The molecular weight excluding hydrogens is 313 g/mol. The lowest BCUT2D eigenvalue weighted by atomic mass is 9.80. The van der Waals surface area contributed by atoms with E-state index < -0.39 is 11.6 Å². The molecule has 2 aliphatic heterocycles. The first-order valence-corrected chi connectivity index (χ1v) is 8.11. The first-order valence-electron chi connectivity index (χ1n) is 8.11. The number of hydrogen-bond donors (Lipinski definition) is 2. The molecule has 2 fully saturated rings. The Kier molecular flexibility index (Phi) is 4.45. The molecule has 0 bridgehead atoms. The minimum absolute atomic E-state index is 0.0113. The molecule has 0 saturated carbocycles. The highest BCUT2D eigenvalue weighted by molar-refractivity contribution is 6.06. The predicted molar refractivity (Wildman–Crippen MR) is 86.0 cm³/mol. The molecule has 3 amide bonds. The minimum Gasteiger partial charge on any atom is -0.496 e. The molecule has 130 valence electrons. The van der Waals surface area contributed by atoms with Crippen LogP contribution in [0.4, 0.5) is 9.18 Å². The summed E-state index contributed by atoms with van der Waals surface area (Å²) in [5.74, 6) is 0.0883. The lowest BCUT2D eigenvalue weighted by molar-refractivity contribution is -0.126. The van der Waals surface area contributed by atoms with Crippen molar-refractivity contribution in [3.63, 3.8) is 0 Å². The van der Waals surface area contributed by atoms with E-state index in [1.807, 2.05) is 0 Å². The number of benzene rings is 1. The van der Waals surface area contributed by atoms with Crippen LogP contribution in [-0.2, 0) is 11.3 Å². The van der Waals surface area contributed by atoms with Gasteiger partial charge in [-0.1, -0.05) is 0 Å². The van der Waals surface area contributed by atoms with Crippen molar-refractivity contribution in [2.24, 2.45) is 5.92 Å². The van der Waals surface area contributed by atoms with Crippen LogP contribution in [0.15, 0.2) is 18.2 Å². The van der Waals surface area contributed by atoms with Crippen LogP contribution in [0.2, 0.25) is 0 Å². The number of hydrogen-bond acceptors (Lipinski definition) is 4. The molecule has 7 heteroatoms. The number of carbonyl (C=O) groups excluding carboxylic acids is 2. The average molecular weight is 335 g/mol. The summed E-state index contributed by atoms with van der Waals surface area (Å²) in [7, 11) is 1.56. The van der Waals surface area contributed by atoms with Gasteiger partial charge in [0.25, 0.3) is 5.91 Å². The van der Waals surface area contributed by atoms with Crippen molar-refractivity contribution < 1.29 is 18.7 Å². The van der Waals surface area contributed by atoms with Gasteiger partial charge >= 0.3 is 6.03 Å². The van der Waals surface area contributed by atoms with Gasteiger partial charge in [-0.2, -0.15) is 0 Å². The van der Waals surface area contributed by atoms with Gasteiger partial charge in [-0.15, -0.1) is 0 Å². The number of carbonyl (C=O) groups is 2. The second-order valence-corrected chi connectivity index (χ2v) is 6.64. The summed E-state index contributed by atoms with van der Waals surface area (Å²) in [4.78, 5) is 25.8. The lowest BCUT2D eigenvalue weighted by Gasteiger charge is -2.39. The predicted octanol–water partition coefficient (Wildman–Crippen LogP) is 1.64. The van der Waals surface area contributed by atoms with Crippen molar-refractivity contribution in [3.05, 3.63) is 29.6 Å². The molecule has 1 aromatic rings. The zero-order chi connectivity index (χ0) is 17.3. The summed E-state index contributed by atoms with van der Waals surface area (Å²) < 4.78 is 18.8. The Bertz CT molecular complexity index is 666. The van der Waals surface area contributed by atoms with Crippen LogP contribution in [0.3, 0.4) is 0 Å². The molecule has 0 spiro atoms. The van der Waals surface area contributed by atoms with E-state index in [1.165, 1.54) is 12.1 Å². The first-order chi connectivity index (χ1) is 11.4. The molecule has 1 aromatic carbocycles. The fourth-order valence-electron chi connectivity index (χ4n) is 3.63. The van der Waals surface area contributed by atoms with E-state index in [2.05, 4.69) is 15.5 Å². The number of halogens is 1. The second kappa shape index (κ2) is 6.39. The van der Waals surface area contributed by atoms with Gasteiger partial charge < -0.3 is 10.1 Å². The minimum atomic E-state index is -0.887. The molecule has 0 aromatic heterocycles. The van der Waals surface area contributed by atoms with E-state index in [-0.39, 0.29) is 17.6 Å². The molecule has 2 aliphatic rings. The van der Waals surface area contributed by atoms with Gasteiger partial charge in [-0.3, -0.25) is 15.0 Å². The van der Waals surface area contributed by atoms with Crippen molar-refractivity contribution >= 4 is 11.9 Å². The number of urea groups is 1. The number of ether oxygens (including phenoxy) is 1. The first kappa shape index (κ1) is 16.7. The van der Waals surface area contributed by atoms with Crippen molar-refractivity contribution in [2.75, 3.05) is 20.2 Å². The van der Waals surface area contributed by atoms with Crippen molar-refractivity contribution in [3.8, 4) is 5.75 Å². The number of amides is 3. The Labute approximate surface area is 140 Å². The number of imide groups is 1. The Balaban J connectivity index is 1.74. The van der Waals surface area contributed by atoms with Crippen LogP contribution >= 0.6 is 0 Å². The molecule has 0 unspecified atom stereocenters. The zero-order valence-corrected chi connectivity index (χ0v) is 13.9. The summed E-state index contributed by atoms with van der Waals surface area (Å²) in [6.07, 6.45) is 1.78. The third-order valence-corrected chi connectivity index (χ3v) is 5.03. The molecule has 3 rings (SSSR count). The van der Waals surface area contributed by atoms with Gasteiger partial charge in [0.1, 0.15) is 17.1 Å².